The Morgan fingerprint density at radius 2 is 1.27 bits per heavy atom. The van der Waals surface area contributed by atoms with E-state index in [1.54, 1.807) is 66.9 Å². The largest absolute Gasteiger partial charge is 0.537 e. The van der Waals surface area contributed by atoms with Crippen molar-refractivity contribution in [2.24, 2.45) is 10.5 Å². The van der Waals surface area contributed by atoms with E-state index in [1.807, 2.05) is 85.9 Å². The second kappa shape index (κ2) is 25.6. The summed E-state index contributed by atoms with van der Waals surface area (Å²) in [6, 6.07) is 46.0. The molecular formula is C45H54ClN7O8Si. The van der Waals surface area contributed by atoms with Crippen molar-refractivity contribution in [3.63, 3.8) is 0 Å². The molecule has 1 saturated heterocycles. The van der Waals surface area contributed by atoms with Gasteiger partial charge in [-0.3, -0.25) is 39.8 Å². The fourth-order valence-corrected chi connectivity index (χ4v) is 8.69. The van der Waals surface area contributed by atoms with Gasteiger partial charge in [-0.25, -0.2) is 10.9 Å². The molecule has 1 fully saturated rings. The zero-order valence-electron chi connectivity index (χ0n) is 35.6. The summed E-state index contributed by atoms with van der Waals surface area (Å²) < 4.78 is 14.2. The van der Waals surface area contributed by atoms with E-state index >= 15 is 0 Å². The molecule has 15 nitrogen and oxygen atoms in total. The van der Waals surface area contributed by atoms with Gasteiger partial charge in [0.2, 0.25) is 6.54 Å². The first kappa shape index (κ1) is 50.2. The first-order valence-electron chi connectivity index (χ1n) is 19.6. The number of rotatable bonds is 12. The summed E-state index contributed by atoms with van der Waals surface area (Å²) in [6.07, 6.45) is 1.59. The molecule has 328 valence electrons. The smallest absolute Gasteiger partial charge is 0.370 e. The summed E-state index contributed by atoms with van der Waals surface area (Å²) in [5.41, 5.74) is 11.7. The van der Waals surface area contributed by atoms with Crippen molar-refractivity contribution >= 4 is 37.1 Å². The normalized spacial score (nSPS) is 17.4. The number of nitrogens with one attached hydrogen (secondary N) is 3. The van der Waals surface area contributed by atoms with Crippen LogP contribution in [0.5, 0.6) is 0 Å². The lowest BCUT2D eigenvalue weighted by Crippen LogP contribution is -2.49. The van der Waals surface area contributed by atoms with Crippen LogP contribution in [-0.2, 0) is 8.85 Å². The minimum absolute atomic E-state index is 0.0228. The fraction of sp³-hybridized carbons (Fsp3) is 0.267. The molecule has 3 N–H and O–H groups in total. The minimum Gasteiger partial charge on any atom is -0.370 e. The van der Waals surface area contributed by atoms with Crippen LogP contribution >= 0.6 is 11.1 Å². The third-order valence-electron chi connectivity index (χ3n) is 8.70. The number of likely N-dealkylation sites (N-methyl/N-ethyl adjacent to an activating group) is 1. The van der Waals surface area contributed by atoms with Crippen LogP contribution in [0, 0.1) is 25.6 Å². The first-order chi connectivity index (χ1) is 29.5. The third kappa shape index (κ3) is 18.2. The predicted molar refractivity (Wildman–Crippen MR) is 243 cm³/mol. The highest BCUT2D eigenvalue weighted by Gasteiger charge is 2.55. The Labute approximate surface area is 368 Å². The topological polar surface area (TPSA) is 191 Å². The summed E-state index contributed by atoms with van der Waals surface area (Å²) in [5, 5.41) is 23.4. The van der Waals surface area contributed by atoms with Gasteiger partial charge in [0.25, 0.3) is 11.8 Å². The van der Waals surface area contributed by atoms with Gasteiger partial charge in [-0.1, -0.05) is 159 Å². The number of hydrazone groups is 1. The molecule has 6 rings (SSSR count). The molecule has 5 aromatic rings. The van der Waals surface area contributed by atoms with E-state index in [2.05, 4.69) is 65.8 Å². The van der Waals surface area contributed by atoms with Crippen LogP contribution in [0.1, 0.15) is 77.2 Å². The molecule has 0 aromatic heterocycles. The van der Waals surface area contributed by atoms with Crippen molar-refractivity contribution in [2.45, 2.75) is 45.9 Å². The predicted octanol–water partition coefficient (Wildman–Crippen LogP) is 8.10. The Hall–Kier alpha value is -6.14. The lowest BCUT2D eigenvalue weighted by Gasteiger charge is -2.29. The third-order valence-corrected chi connectivity index (χ3v) is 12.4. The molecule has 0 spiro atoms. The van der Waals surface area contributed by atoms with Crippen LogP contribution in [0.3, 0.4) is 0 Å². The highest BCUT2D eigenvalue weighted by atomic mass is 35.6. The van der Waals surface area contributed by atoms with Crippen molar-refractivity contribution in [3.05, 3.63) is 200 Å². The van der Waals surface area contributed by atoms with Gasteiger partial charge in [0.1, 0.15) is 6.04 Å². The zero-order valence-corrected chi connectivity index (χ0v) is 37.3. The van der Waals surface area contributed by atoms with E-state index in [0.29, 0.717) is 17.7 Å². The SMILES string of the molecule is C[C@H]1[C@H](c2ccccc2)O[Si](Cl)(OCC(C)(C)C)N1C.C[N+](=O)[O-].O=C(N/N=C/c1ccccc1)c1ccccc1.O=C(NNC(C[N+](=O)[O-])c1ccccc1)c1ccccc1. The maximum absolute atomic E-state index is 11.9. The average molecular weight is 885 g/mol. The van der Waals surface area contributed by atoms with Crippen LogP contribution in [0.2, 0.25) is 0 Å². The van der Waals surface area contributed by atoms with Gasteiger partial charge >= 0.3 is 8.03 Å². The van der Waals surface area contributed by atoms with Crippen molar-refractivity contribution in [1.29, 1.82) is 0 Å². The molecule has 17 heteroatoms. The van der Waals surface area contributed by atoms with E-state index in [4.69, 9.17) is 30.0 Å². The fourth-order valence-electron chi connectivity index (χ4n) is 5.46. The Morgan fingerprint density at radius 1 is 0.823 bits per heavy atom. The summed E-state index contributed by atoms with van der Waals surface area (Å²) in [7, 11) is 0.0816. The highest BCUT2D eigenvalue weighted by Crippen LogP contribution is 2.40. The zero-order chi connectivity index (χ0) is 45.5. The quantitative estimate of drug-likeness (QED) is 0.0363. The molecule has 0 radical (unpaired) electrons. The maximum atomic E-state index is 11.9. The molecule has 5 aromatic carbocycles. The van der Waals surface area contributed by atoms with Gasteiger partial charge in [-0.05, 0) is 60.3 Å². The van der Waals surface area contributed by atoms with E-state index in [-0.39, 0.29) is 35.9 Å². The van der Waals surface area contributed by atoms with Crippen molar-refractivity contribution in [2.75, 3.05) is 27.2 Å². The first-order valence-corrected chi connectivity index (χ1v) is 22.3. The van der Waals surface area contributed by atoms with Crippen LogP contribution in [0.4, 0.5) is 0 Å². The number of hydrogen-bond acceptors (Lipinski definition) is 11. The standard InChI is InChI=1S/C15H24ClNO2Si.C15H15N3O3.C14H12N2O.CH3NO2/c1-12-14(13-9-7-6-8-10-13)19-20(16,17(12)5)18-11-15(2,3)4;19-15(13-9-5-2-6-10-13)17-16-14(11-18(20)21)12-7-3-1-4-8-12;17-14(13-9-5-2-6-10-13)16-15-11-12-7-3-1-4-8-12;1-2(3)4/h6-10,12,14H,11H2,1-5H3;1-10,14,16H,11H2,(H,17,19);1-11H,(H,16,17);1H3/b;;15-11+;/t12-,14+,20?;;;/m0.../s1. The molecule has 4 atom stereocenters. The molecule has 0 saturated carbocycles. The Balaban J connectivity index is 0.000000238. The second-order valence-corrected chi connectivity index (χ2v) is 18.7. The number of nitrogens with zero attached hydrogens (tertiary/aromatic N) is 4. The molecule has 1 aliphatic heterocycles. The van der Waals surface area contributed by atoms with E-state index < -0.39 is 23.9 Å². The molecular weight excluding hydrogens is 830 g/mol. The maximum Gasteiger partial charge on any atom is 0.537 e. The molecule has 2 unspecified atom stereocenters. The number of amides is 2. The van der Waals surface area contributed by atoms with Crippen molar-refractivity contribution < 1.29 is 28.3 Å². The van der Waals surface area contributed by atoms with Gasteiger partial charge in [-0.15, -0.1) is 0 Å². The molecule has 2 amide bonds. The minimum atomic E-state index is -2.80. The Bertz CT molecular complexity index is 2140. The van der Waals surface area contributed by atoms with Crippen molar-refractivity contribution in [3.8, 4) is 0 Å². The van der Waals surface area contributed by atoms with Crippen LogP contribution < -0.4 is 16.3 Å². The highest BCUT2D eigenvalue weighted by molar-refractivity contribution is 7.11. The van der Waals surface area contributed by atoms with Gasteiger partial charge in [0.15, 0.2) is 7.05 Å². The summed E-state index contributed by atoms with van der Waals surface area (Å²) in [5.74, 6) is -0.544. The van der Waals surface area contributed by atoms with Gasteiger partial charge < -0.3 is 8.85 Å². The molecule has 0 aliphatic carbocycles. The number of carbonyl (C=O) groups excluding carboxylic acids is 2. The van der Waals surface area contributed by atoms with Crippen LogP contribution in [-0.4, -0.2) is 73.8 Å². The Morgan fingerprint density at radius 3 is 1.76 bits per heavy atom. The van der Waals surface area contributed by atoms with Gasteiger partial charge in [0, 0.05) is 33.6 Å². The van der Waals surface area contributed by atoms with Crippen LogP contribution in [0.15, 0.2) is 157 Å². The molecule has 1 heterocycles. The summed E-state index contributed by atoms with van der Waals surface area (Å²) in [4.78, 5) is 42.2. The number of nitro groups is 2. The molecule has 1 aliphatic rings. The van der Waals surface area contributed by atoms with Crippen LogP contribution in [0.25, 0.3) is 0 Å². The van der Waals surface area contributed by atoms with E-state index in [9.17, 15) is 19.7 Å². The lowest BCUT2D eigenvalue weighted by molar-refractivity contribution is -0.484. The lowest BCUT2D eigenvalue weighted by atomic mass is 9.99. The number of hydrogen-bond donors (Lipinski definition) is 3. The molecule has 0 bridgehead atoms. The van der Waals surface area contributed by atoms with E-state index in [1.165, 1.54) is 0 Å². The second-order valence-electron chi connectivity index (χ2n) is 15.0. The summed E-state index contributed by atoms with van der Waals surface area (Å²) in [6.45, 7) is 8.81. The Kier molecular flexibility index (Phi) is 20.7. The van der Waals surface area contributed by atoms with E-state index in [0.717, 1.165) is 23.7 Å². The number of hydrazine groups is 1. The summed E-state index contributed by atoms with van der Waals surface area (Å²) >= 11 is 6.69. The van der Waals surface area contributed by atoms with Crippen molar-refractivity contribution in [1.82, 2.24) is 20.8 Å². The van der Waals surface area contributed by atoms with Gasteiger partial charge in [-0.2, -0.15) is 5.10 Å². The molecule has 62 heavy (non-hydrogen) atoms. The van der Waals surface area contributed by atoms with Gasteiger partial charge in [0.05, 0.1) is 12.3 Å². The number of halogens is 1. The number of benzene rings is 5. The number of carbonyl (C=O) groups is 2. The average Bonchev–Trinajstić information content (AvgIpc) is 3.50. The monoisotopic (exact) mass is 883 g/mol.